The Hall–Kier alpha value is -2.13. The Morgan fingerprint density at radius 3 is 2.50 bits per heavy atom. The molecule has 0 aliphatic carbocycles. The van der Waals surface area contributed by atoms with Crippen LogP contribution in [0.15, 0.2) is 31.9 Å². The van der Waals surface area contributed by atoms with Gasteiger partial charge >= 0.3 is 6.01 Å². The maximum atomic E-state index is 12.3. The maximum Gasteiger partial charge on any atom is 0.330 e. The van der Waals surface area contributed by atoms with E-state index in [2.05, 4.69) is 14.9 Å². The zero-order valence-corrected chi connectivity index (χ0v) is 13.7. The number of rotatable bonds is 4. The topological polar surface area (TPSA) is 98.2 Å². The number of anilines is 1. The Labute approximate surface area is 131 Å². The van der Waals surface area contributed by atoms with Gasteiger partial charge in [-0.05, 0) is 32.9 Å². The molecule has 116 valence electrons. The fourth-order valence-corrected chi connectivity index (χ4v) is 3.91. The molecule has 22 heavy (non-hydrogen) atoms. The molecule has 0 spiro atoms. The number of hydrogen-bond donors (Lipinski definition) is 1. The predicted molar refractivity (Wildman–Crippen MR) is 81.3 cm³/mol. The Morgan fingerprint density at radius 1 is 1.14 bits per heavy atom. The molecular formula is C13H13N3O4S2. The van der Waals surface area contributed by atoms with Crippen molar-refractivity contribution in [3.63, 3.8) is 0 Å². The lowest BCUT2D eigenvalue weighted by atomic mass is 10.4. The minimum atomic E-state index is -3.82. The lowest BCUT2D eigenvalue weighted by Crippen LogP contribution is -2.13. The Kier molecular flexibility index (Phi) is 3.53. The molecule has 3 rings (SSSR count). The zero-order chi connectivity index (χ0) is 15.9. The van der Waals surface area contributed by atoms with E-state index in [1.165, 1.54) is 17.4 Å². The van der Waals surface area contributed by atoms with Crippen LogP contribution in [0.4, 0.5) is 6.01 Å². The third-order valence-electron chi connectivity index (χ3n) is 2.88. The quantitative estimate of drug-likeness (QED) is 0.784. The third kappa shape index (κ3) is 2.77. The van der Waals surface area contributed by atoms with Crippen LogP contribution in [0.5, 0.6) is 0 Å². The van der Waals surface area contributed by atoms with Gasteiger partial charge in [-0.3, -0.25) is 0 Å². The summed E-state index contributed by atoms with van der Waals surface area (Å²) in [7, 11) is -3.82. The highest BCUT2D eigenvalue weighted by Crippen LogP contribution is 2.28. The molecule has 1 N–H and O–H groups in total. The summed E-state index contributed by atoms with van der Waals surface area (Å²) in [6, 6.07) is 5.03. The minimum Gasteiger partial charge on any atom is -0.465 e. The standard InChI is InChI=1S/C13H13N3O4S2/c1-7-6-11(9(3)19-7)22(17,18)16-13-15-14-12(20-13)10-5-4-8(2)21-10/h4-6H,1-3H3,(H,15,16). The van der Waals surface area contributed by atoms with E-state index in [4.69, 9.17) is 8.83 Å². The normalized spacial score (nSPS) is 11.8. The van der Waals surface area contributed by atoms with Crippen molar-refractivity contribution in [3.8, 4) is 10.8 Å². The Balaban J connectivity index is 1.87. The first-order valence-corrected chi connectivity index (χ1v) is 8.65. The molecule has 0 radical (unpaired) electrons. The second-order valence-electron chi connectivity index (χ2n) is 4.71. The first-order valence-electron chi connectivity index (χ1n) is 6.35. The van der Waals surface area contributed by atoms with Gasteiger partial charge in [0.05, 0.1) is 4.88 Å². The number of aromatic nitrogens is 2. The molecule has 0 fully saturated rings. The molecule has 7 nitrogen and oxygen atoms in total. The summed E-state index contributed by atoms with van der Waals surface area (Å²) < 4.78 is 37.4. The van der Waals surface area contributed by atoms with Gasteiger partial charge in [-0.2, -0.15) is 0 Å². The molecule has 0 saturated heterocycles. The first kappa shape index (κ1) is 14.8. The molecule has 0 aromatic carbocycles. The summed E-state index contributed by atoms with van der Waals surface area (Å²) >= 11 is 1.49. The number of nitrogens with zero attached hydrogens (tertiary/aromatic N) is 2. The van der Waals surface area contributed by atoms with Gasteiger partial charge in [-0.15, -0.1) is 16.4 Å². The van der Waals surface area contributed by atoms with Gasteiger partial charge in [-0.1, -0.05) is 5.10 Å². The third-order valence-corrected chi connectivity index (χ3v) is 5.30. The van der Waals surface area contributed by atoms with Crippen molar-refractivity contribution >= 4 is 27.4 Å². The van der Waals surface area contributed by atoms with Crippen molar-refractivity contribution in [3.05, 3.63) is 34.6 Å². The highest BCUT2D eigenvalue weighted by atomic mass is 32.2. The molecule has 0 unspecified atom stereocenters. The van der Waals surface area contributed by atoms with Crippen LogP contribution < -0.4 is 4.72 Å². The molecule has 9 heteroatoms. The summed E-state index contributed by atoms with van der Waals surface area (Å²) in [5.41, 5.74) is 0. The number of aryl methyl sites for hydroxylation is 3. The van der Waals surface area contributed by atoms with Crippen LogP contribution in [0.1, 0.15) is 16.4 Å². The number of furan rings is 1. The second kappa shape index (κ2) is 5.25. The van der Waals surface area contributed by atoms with Crippen molar-refractivity contribution < 1.29 is 17.3 Å². The van der Waals surface area contributed by atoms with E-state index in [0.29, 0.717) is 11.5 Å². The maximum absolute atomic E-state index is 12.3. The van der Waals surface area contributed by atoms with Crippen molar-refractivity contribution in [1.29, 1.82) is 0 Å². The van der Waals surface area contributed by atoms with E-state index in [1.54, 1.807) is 13.8 Å². The van der Waals surface area contributed by atoms with Crippen molar-refractivity contribution in [1.82, 2.24) is 10.2 Å². The molecule has 0 aliphatic rings. The molecular weight excluding hydrogens is 326 g/mol. The molecule has 0 amide bonds. The number of hydrogen-bond acceptors (Lipinski definition) is 7. The van der Waals surface area contributed by atoms with Crippen LogP contribution in [0.25, 0.3) is 10.8 Å². The van der Waals surface area contributed by atoms with E-state index >= 15 is 0 Å². The first-order chi connectivity index (χ1) is 10.3. The average Bonchev–Trinajstić information content (AvgIpc) is 3.10. The smallest absolute Gasteiger partial charge is 0.330 e. The highest BCUT2D eigenvalue weighted by Gasteiger charge is 2.23. The van der Waals surface area contributed by atoms with Crippen molar-refractivity contribution in [2.24, 2.45) is 0 Å². The molecule has 3 aromatic rings. The molecule has 0 bridgehead atoms. The minimum absolute atomic E-state index is 0.0525. The van der Waals surface area contributed by atoms with Gasteiger partial charge in [0.15, 0.2) is 0 Å². The fourth-order valence-electron chi connectivity index (χ4n) is 1.96. The van der Waals surface area contributed by atoms with E-state index in [1.807, 2.05) is 19.1 Å². The zero-order valence-electron chi connectivity index (χ0n) is 12.1. The van der Waals surface area contributed by atoms with Gasteiger partial charge in [0.2, 0.25) is 0 Å². The summed E-state index contributed by atoms with van der Waals surface area (Å²) in [4.78, 5) is 1.93. The van der Waals surface area contributed by atoms with Crippen LogP contribution in [0.3, 0.4) is 0 Å². The lowest BCUT2D eigenvalue weighted by molar-refractivity contribution is 0.496. The SMILES string of the molecule is Cc1cc(S(=O)(=O)Nc2nnc(-c3ccc(C)s3)o2)c(C)o1. The second-order valence-corrected chi connectivity index (χ2v) is 7.64. The summed E-state index contributed by atoms with van der Waals surface area (Å²) in [6.07, 6.45) is 0. The van der Waals surface area contributed by atoms with Gasteiger partial charge in [-0.25, -0.2) is 13.1 Å². The molecule has 0 aliphatic heterocycles. The molecule has 0 saturated carbocycles. The summed E-state index contributed by atoms with van der Waals surface area (Å²) in [6.45, 7) is 5.21. The predicted octanol–water partition coefficient (Wildman–Crippen LogP) is 3.12. The monoisotopic (exact) mass is 339 g/mol. The van der Waals surface area contributed by atoms with E-state index in [9.17, 15) is 8.42 Å². The van der Waals surface area contributed by atoms with Crippen LogP contribution in [0.2, 0.25) is 0 Å². The molecule has 3 aromatic heterocycles. The van der Waals surface area contributed by atoms with Crippen LogP contribution in [0, 0.1) is 20.8 Å². The highest BCUT2D eigenvalue weighted by molar-refractivity contribution is 7.92. The Bertz CT molecular complexity index is 921. The van der Waals surface area contributed by atoms with Crippen LogP contribution in [-0.2, 0) is 10.0 Å². The largest absolute Gasteiger partial charge is 0.465 e. The summed E-state index contributed by atoms with van der Waals surface area (Å²) in [5.74, 6) is 1.09. The van der Waals surface area contributed by atoms with E-state index < -0.39 is 10.0 Å². The average molecular weight is 339 g/mol. The van der Waals surface area contributed by atoms with E-state index in [-0.39, 0.29) is 16.8 Å². The van der Waals surface area contributed by atoms with Crippen molar-refractivity contribution in [2.45, 2.75) is 25.7 Å². The molecule has 0 atom stereocenters. The summed E-state index contributed by atoms with van der Waals surface area (Å²) in [5, 5.41) is 7.57. The van der Waals surface area contributed by atoms with Gasteiger partial charge < -0.3 is 8.83 Å². The van der Waals surface area contributed by atoms with Gasteiger partial charge in [0, 0.05) is 10.9 Å². The Morgan fingerprint density at radius 2 is 1.91 bits per heavy atom. The lowest BCUT2D eigenvalue weighted by Gasteiger charge is -2.01. The number of thiophene rings is 1. The van der Waals surface area contributed by atoms with Crippen molar-refractivity contribution in [2.75, 3.05) is 4.72 Å². The van der Waals surface area contributed by atoms with Gasteiger partial charge in [0.25, 0.3) is 15.9 Å². The van der Waals surface area contributed by atoms with E-state index in [0.717, 1.165) is 9.75 Å². The fraction of sp³-hybridized carbons (Fsp3) is 0.231. The number of nitrogens with one attached hydrogen (secondary N) is 1. The molecule has 3 heterocycles. The van der Waals surface area contributed by atoms with Crippen LogP contribution in [-0.4, -0.2) is 18.6 Å². The van der Waals surface area contributed by atoms with Crippen LogP contribution >= 0.6 is 11.3 Å². The number of sulfonamides is 1. The van der Waals surface area contributed by atoms with Gasteiger partial charge in [0.1, 0.15) is 16.4 Å².